The Labute approximate surface area is 222 Å². The molecular weight excluding hydrogens is 476 g/mol. The van der Waals surface area contributed by atoms with Gasteiger partial charge in [-0.25, -0.2) is 9.59 Å². The van der Waals surface area contributed by atoms with E-state index < -0.39 is 18.1 Å². The van der Waals surface area contributed by atoms with Crippen molar-refractivity contribution in [2.75, 3.05) is 6.61 Å². The maximum absolute atomic E-state index is 12.7. The summed E-state index contributed by atoms with van der Waals surface area (Å²) in [6.07, 6.45) is 0.346. The molecule has 6 heteroatoms. The van der Waals surface area contributed by atoms with Crippen molar-refractivity contribution < 1.29 is 19.4 Å². The topological polar surface area (TPSA) is 80.6 Å². The molecule has 1 unspecified atom stereocenters. The van der Waals surface area contributed by atoms with Crippen LogP contribution < -0.4 is 5.32 Å². The molecule has 1 aliphatic rings. The normalized spacial score (nSPS) is 13.0. The molecule has 1 heterocycles. The van der Waals surface area contributed by atoms with Crippen molar-refractivity contribution >= 4 is 12.1 Å². The minimum atomic E-state index is -1.09. The first kappa shape index (κ1) is 25.3. The van der Waals surface area contributed by atoms with E-state index in [4.69, 9.17) is 4.74 Å². The molecule has 1 atom stereocenters. The number of carbonyl (C=O) groups excluding carboxylic acids is 1. The number of hydrogen-bond donors (Lipinski definition) is 2. The molecule has 0 aliphatic heterocycles. The third kappa shape index (κ3) is 5.21. The second-order valence-corrected chi connectivity index (χ2v) is 9.85. The first-order valence-electron chi connectivity index (χ1n) is 13.0. The summed E-state index contributed by atoms with van der Waals surface area (Å²) in [5, 5.41) is 12.4. The predicted octanol–water partition coefficient (Wildman–Crippen LogP) is 5.88. The maximum atomic E-state index is 12.7. The molecule has 1 aliphatic carbocycles. The Bertz CT molecular complexity index is 1410. The molecule has 0 saturated heterocycles. The lowest BCUT2D eigenvalue weighted by atomic mass is 9.98. The monoisotopic (exact) mass is 508 g/mol. The van der Waals surface area contributed by atoms with Gasteiger partial charge in [0.15, 0.2) is 0 Å². The summed E-state index contributed by atoms with van der Waals surface area (Å²) in [5.74, 6) is -1.17. The predicted molar refractivity (Wildman–Crippen MR) is 147 cm³/mol. The molecule has 0 saturated carbocycles. The Hall–Kier alpha value is -4.32. The zero-order valence-electron chi connectivity index (χ0n) is 21.7. The number of ether oxygens (including phenoxy) is 1. The van der Waals surface area contributed by atoms with Crippen molar-refractivity contribution in [2.24, 2.45) is 0 Å². The van der Waals surface area contributed by atoms with Gasteiger partial charge in [-0.05, 0) is 59.7 Å². The summed E-state index contributed by atoms with van der Waals surface area (Å²) in [6, 6.07) is 27.4. The van der Waals surface area contributed by atoms with Gasteiger partial charge in [0.05, 0.1) is 0 Å². The van der Waals surface area contributed by atoms with Crippen LogP contribution in [0.25, 0.3) is 11.1 Å². The number of aromatic nitrogens is 1. The minimum Gasteiger partial charge on any atom is -0.480 e. The van der Waals surface area contributed by atoms with Crippen LogP contribution in [-0.4, -0.2) is 34.4 Å². The first-order chi connectivity index (χ1) is 18.4. The summed E-state index contributed by atoms with van der Waals surface area (Å²) in [7, 11) is 0. The van der Waals surface area contributed by atoms with Crippen LogP contribution in [0.5, 0.6) is 0 Å². The van der Waals surface area contributed by atoms with Crippen LogP contribution in [0, 0.1) is 13.8 Å². The average molecular weight is 509 g/mol. The average Bonchev–Trinajstić information content (AvgIpc) is 3.39. The van der Waals surface area contributed by atoms with E-state index in [0.29, 0.717) is 0 Å². The highest BCUT2D eigenvalue weighted by molar-refractivity contribution is 5.81. The lowest BCUT2D eigenvalue weighted by Crippen LogP contribution is -2.43. The first-order valence-corrected chi connectivity index (χ1v) is 13.0. The maximum Gasteiger partial charge on any atom is 0.407 e. The van der Waals surface area contributed by atoms with Crippen molar-refractivity contribution in [1.82, 2.24) is 9.88 Å². The van der Waals surface area contributed by atoms with Gasteiger partial charge in [0.2, 0.25) is 0 Å². The summed E-state index contributed by atoms with van der Waals surface area (Å²) in [5.41, 5.74) is 8.74. The smallest absolute Gasteiger partial charge is 0.407 e. The second-order valence-electron chi connectivity index (χ2n) is 9.85. The number of carboxylic acids is 1. The summed E-state index contributed by atoms with van der Waals surface area (Å²) >= 11 is 0. The Morgan fingerprint density at radius 2 is 1.53 bits per heavy atom. The molecule has 194 valence electrons. The lowest BCUT2D eigenvalue weighted by molar-refractivity contribution is -0.139. The zero-order valence-corrected chi connectivity index (χ0v) is 21.7. The number of benzene rings is 3. The molecule has 38 heavy (non-hydrogen) atoms. The van der Waals surface area contributed by atoms with Crippen LogP contribution in [0.15, 0.2) is 84.9 Å². The van der Waals surface area contributed by atoms with E-state index in [1.807, 2.05) is 62.4 Å². The molecule has 1 amide bonds. The fraction of sp³-hybridized carbons (Fsp3) is 0.250. The van der Waals surface area contributed by atoms with Gasteiger partial charge < -0.3 is 19.7 Å². The summed E-state index contributed by atoms with van der Waals surface area (Å²) in [4.78, 5) is 24.8. The molecule has 4 aromatic rings. The number of amides is 1. The number of carboxylic acid groups (broad SMARTS) is 1. The lowest BCUT2D eigenvalue weighted by Gasteiger charge is -2.18. The van der Waals surface area contributed by atoms with Crippen molar-refractivity contribution in [1.29, 1.82) is 0 Å². The van der Waals surface area contributed by atoms with Gasteiger partial charge in [0.25, 0.3) is 0 Å². The fourth-order valence-corrected chi connectivity index (χ4v) is 5.51. The fourth-order valence-electron chi connectivity index (χ4n) is 5.51. The van der Waals surface area contributed by atoms with Gasteiger partial charge in [-0.3, -0.25) is 0 Å². The van der Waals surface area contributed by atoms with Gasteiger partial charge in [-0.2, -0.15) is 0 Å². The summed E-state index contributed by atoms with van der Waals surface area (Å²) < 4.78 is 7.79. The molecule has 0 bridgehead atoms. The highest BCUT2D eigenvalue weighted by atomic mass is 16.5. The van der Waals surface area contributed by atoms with Gasteiger partial charge in [-0.1, -0.05) is 78.9 Å². The Balaban J connectivity index is 1.23. The number of alkyl carbamates (subject to hydrolysis) is 1. The van der Waals surface area contributed by atoms with Crippen LogP contribution in [-0.2, 0) is 28.9 Å². The SMILES string of the molecule is Cc1cc(CC(NC(=O)OCC2c3ccccc3-c3ccccc32)C(=O)O)c(C)n1CCc1ccccc1. The molecule has 2 N–H and O–H groups in total. The number of nitrogens with zero attached hydrogens (tertiary/aromatic N) is 1. The van der Waals surface area contributed by atoms with E-state index in [-0.39, 0.29) is 18.9 Å². The molecule has 0 fully saturated rings. The Kier molecular flexibility index (Phi) is 7.31. The number of aryl methyl sites for hydroxylation is 2. The molecule has 1 aromatic heterocycles. The van der Waals surface area contributed by atoms with Gasteiger partial charge >= 0.3 is 12.1 Å². The number of carbonyl (C=O) groups is 2. The number of hydrogen-bond acceptors (Lipinski definition) is 3. The zero-order chi connectivity index (χ0) is 26.6. The Morgan fingerprint density at radius 3 is 2.16 bits per heavy atom. The van der Waals surface area contributed by atoms with E-state index in [1.165, 1.54) is 5.56 Å². The van der Waals surface area contributed by atoms with E-state index >= 15 is 0 Å². The third-order valence-corrected chi connectivity index (χ3v) is 7.50. The van der Waals surface area contributed by atoms with E-state index in [9.17, 15) is 14.7 Å². The number of fused-ring (bicyclic) bond motifs is 3. The van der Waals surface area contributed by atoms with Crippen LogP contribution >= 0.6 is 0 Å². The number of nitrogens with one attached hydrogen (secondary N) is 1. The number of rotatable bonds is 9. The largest absolute Gasteiger partial charge is 0.480 e. The minimum absolute atomic E-state index is 0.0834. The standard InChI is InChI=1S/C32H32N2O4/c1-21-18-24(22(2)34(21)17-16-23-10-4-3-5-11-23)19-30(31(35)36)33-32(37)38-20-29-27-14-8-6-12-25(27)26-13-7-9-15-28(26)29/h3-15,18,29-30H,16-17,19-20H2,1-2H3,(H,33,37)(H,35,36). The molecule has 6 nitrogen and oxygen atoms in total. The summed E-state index contributed by atoms with van der Waals surface area (Å²) in [6.45, 7) is 4.97. The van der Waals surface area contributed by atoms with Gasteiger partial charge in [-0.15, -0.1) is 0 Å². The van der Waals surface area contributed by atoms with Gasteiger partial charge in [0, 0.05) is 30.3 Å². The van der Waals surface area contributed by atoms with Crippen LogP contribution in [0.1, 0.15) is 39.6 Å². The van der Waals surface area contributed by atoms with Crippen molar-refractivity contribution in [3.8, 4) is 11.1 Å². The Morgan fingerprint density at radius 1 is 0.921 bits per heavy atom. The highest BCUT2D eigenvalue weighted by Crippen LogP contribution is 2.44. The van der Waals surface area contributed by atoms with Crippen molar-refractivity contribution in [3.63, 3.8) is 0 Å². The van der Waals surface area contributed by atoms with Crippen molar-refractivity contribution in [3.05, 3.63) is 119 Å². The molecular formula is C32H32N2O4. The van der Waals surface area contributed by atoms with Crippen LogP contribution in [0.3, 0.4) is 0 Å². The van der Waals surface area contributed by atoms with Crippen molar-refractivity contribution in [2.45, 2.75) is 45.2 Å². The van der Waals surface area contributed by atoms with E-state index in [2.05, 4.69) is 46.3 Å². The molecule has 0 radical (unpaired) electrons. The van der Waals surface area contributed by atoms with Crippen LogP contribution in [0.4, 0.5) is 4.79 Å². The van der Waals surface area contributed by atoms with E-state index in [1.54, 1.807) is 0 Å². The third-order valence-electron chi connectivity index (χ3n) is 7.50. The number of aliphatic carboxylic acids is 1. The molecule has 5 rings (SSSR count). The van der Waals surface area contributed by atoms with E-state index in [0.717, 1.165) is 52.2 Å². The van der Waals surface area contributed by atoms with Gasteiger partial charge in [0.1, 0.15) is 12.6 Å². The van der Waals surface area contributed by atoms with Crippen LogP contribution in [0.2, 0.25) is 0 Å². The molecule has 0 spiro atoms. The molecule has 3 aromatic carbocycles. The quantitative estimate of drug-likeness (QED) is 0.296. The highest BCUT2D eigenvalue weighted by Gasteiger charge is 2.30. The second kappa shape index (κ2) is 11.0.